The molecule has 0 unspecified atom stereocenters. The average molecular weight is 357 g/mol. The summed E-state index contributed by atoms with van der Waals surface area (Å²) in [6.07, 6.45) is 0.417. The van der Waals surface area contributed by atoms with Gasteiger partial charge in [0.2, 0.25) is 16.7 Å². The minimum absolute atomic E-state index is 0.185. The average Bonchev–Trinajstić information content (AvgIpc) is 3.17. The monoisotopic (exact) mass is 357 g/mol. The number of rotatable bonds is 2. The first-order valence-electron chi connectivity index (χ1n) is 7.77. The van der Waals surface area contributed by atoms with Crippen LogP contribution in [0.5, 0.6) is 0 Å². The molecule has 0 saturated carbocycles. The summed E-state index contributed by atoms with van der Waals surface area (Å²) in [6, 6.07) is 6.85. The van der Waals surface area contributed by atoms with E-state index in [4.69, 9.17) is 0 Å². The number of carbonyl (C=O) groups is 3. The molecule has 2 aromatic rings. The van der Waals surface area contributed by atoms with Gasteiger partial charge in [0.05, 0.1) is 11.3 Å². The Kier molecular flexibility index (Phi) is 3.36. The van der Waals surface area contributed by atoms with E-state index in [1.54, 1.807) is 38.2 Å². The second-order valence-electron chi connectivity index (χ2n) is 6.01. The summed E-state index contributed by atoms with van der Waals surface area (Å²) in [4.78, 5) is 41.3. The third kappa shape index (κ3) is 2.08. The van der Waals surface area contributed by atoms with E-state index in [1.807, 2.05) is 0 Å². The summed E-state index contributed by atoms with van der Waals surface area (Å²) in [5.74, 6) is -0.930. The molecule has 0 aliphatic carbocycles. The van der Waals surface area contributed by atoms with E-state index < -0.39 is 11.6 Å². The highest BCUT2D eigenvalue weighted by Gasteiger charge is 2.59. The molecule has 4 rings (SSSR count). The number of anilines is 2. The van der Waals surface area contributed by atoms with Crippen LogP contribution in [0.4, 0.5) is 10.8 Å². The van der Waals surface area contributed by atoms with Crippen LogP contribution in [-0.4, -0.2) is 45.5 Å². The van der Waals surface area contributed by atoms with Crippen LogP contribution in [0.25, 0.3) is 0 Å². The van der Waals surface area contributed by atoms with Crippen LogP contribution < -0.4 is 10.2 Å². The molecule has 1 fully saturated rings. The molecule has 2 aliphatic rings. The van der Waals surface area contributed by atoms with Gasteiger partial charge in [-0.05, 0) is 19.1 Å². The van der Waals surface area contributed by atoms with E-state index in [0.717, 1.165) is 0 Å². The third-order valence-corrected chi connectivity index (χ3v) is 5.41. The maximum absolute atomic E-state index is 13.1. The van der Waals surface area contributed by atoms with Crippen molar-refractivity contribution >= 4 is 39.9 Å². The number of hydrogen-bond acceptors (Lipinski definition) is 6. The lowest BCUT2D eigenvalue weighted by molar-refractivity contribution is -0.128. The summed E-state index contributed by atoms with van der Waals surface area (Å²) >= 11 is 1.24. The first-order valence-corrected chi connectivity index (χ1v) is 8.58. The number of benzene rings is 1. The molecule has 1 saturated heterocycles. The van der Waals surface area contributed by atoms with Crippen LogP contribution in [0, 0.1) is 6.92 Å². The fraction of sp³-hybridized carbons (Fsp3) is 0.312. The summed E-state index contributed by atoms with van der Waals surface area (Å²) < 4.78 is 0. The lowest BCUT2D eigenvalue weighted by atomic mass is 9.96. The Labute approximate surface area is 147 Å². The molecule has 1 aromatic carbocycles. The topological polar surface area (TPSA) is 95.5 Å². The van der Waals surface area contributed by atoms with Gasteiger partial charge in [-0.3, -0.25) is 24.6 Å². The zero-order chi connectivity index (χ0) is 17.8. The quantitative estimate of drug-likeness (QED) is 0.876. The van der Waals surface area contributed by atoms with E-state index in [1.165, 1.54) is 21.1 Å². The maximum atomic E-state index is 13.1. The van der Waals surface area contributed by atoms with E-state index >= 15 is 0 Å². The van der Waals surface area contributed by atoms with Gasteiger partial charge in [-0.2, -0.15) is 0 Å². The fourth-order valence-corrected chi connectivity index (χ4v) is 4.06. The van der Waals surface area contributed by atoms with Crippen molar-refractivity contribution in [3.05, 3.63) is 34.8 Å². The second-order valence-corrected chi connectivity index (χ2v) is 7.19. The Hall–Kier alpha value is -2.81. The lowest BCUT2D eigenvalue weighted by Crippen LogP contribution is -2.68. The first-order chi connectivity index (χ1) is 11.9. The number of carbonyl (C=O) groups excluding carboxylic acids is 3. The fourth-order valence-electron chi connectivity index (χ4n) is 3.47. The van der Waals surface area contributed by atoms with Gasteiger partial charge < -0.3 is 4.90 Å². The number of nitrogens with one attached hydrogen (secondary N) is 1. The molecule has 0 spiro atoms. The highest BCUT2D eigenvalue weighted by atomic mass is 32.1. The third-order valence-electron chi connectivity index (χ3n) is 4.65. The zero-order valence-electron chi connectivity index (χ0n) is 13.6. The smallest absolute Gasteiger partial charge is 0.273 e. The van der Waals surface area contributed by atoms with E-state index in [0.29, 0.717) is 21.4 Å². The minimum Gasteiger partial charge on any atom is -0.310 e. The molecule has 1 N–H and O–H groups in total. The summed E-state index contributed by atoms with van der Waals surface area (Å²) in [6.45, 7) is 1.78. The van der Waals surface area contributed by atoms with E-state index in [2.05, 4.69) is 15.5 Å². The Morgan fingerprint density at radius 2 is 2.04 bits per heavy atom. The van der Waals surface area contributed by atoms with E-state index in [-0.39, 0.29) is 24.7 Å². The molecule has 8 nitrogen and oxygen atoms in total. The standard InChI is InChI=1S/C16H15N5O3S/c1-9-18-19-15(25-9)17-14(24)16-8-7-12(22)21(16)11-6-4-3-5-10(11)13(23)20(16)2/h3-6H,7-8H2,1-2H3,(H,17,19,24)/t16-/m1/s1. The highest BCUT2D eigenvalue weighted by Crippen LogP contribution is 2.44. The molecule has 2 aliphatic heterocycles. The predicted octanol–water partition coefficient (Wildman–Crippen LogP) is 1.39. The number of likely N-dealkylation sites (N-methyl/N-ethyl adjacent to an activating group) is 1. The molecule has 3 heterocycles. The zero-order valence-corrected chi connectivity index (χ0v) is 14.5. The highest BCUT2D eigenvalue weighted by molar-refractivity contribution is 7.15. The van der Waals surface area contributed by atoms with Gasteiger partial charge in [0.15, 0.2) is 0 Å². The number of amides is 3. The number of nitrogens with zero attached hydrogens (tertiary/aromatic N) is 4. The molecule has 9 heteroatoms. The van der Waals surface area contributed by atoms with Crippen LogP contribution in [0.15, 0.2) is 24.3 Å². The normalized spacial score (nSPS) is 22.0. The molecular formula is C16H15N5O3S. The van der Waals surface area contributed by atoms with Gasteiger partial charge in [0.25, 0.3) is 11.8 Å². The molecule has 0 radical (unpaired) electrons. The predicted molar refractivity (Wildman–Crippen MR) is 91.3 cm³/mol. The number of aromatic nitrogens is 2. The van der Waals surface area contributed by atoms with Crippen molar-refractivity contribution in [2.24, 2.45) is 0 Å². The van der Waals surface area contributed by atoms with Gasteiger partial charge in [-0.15, -0.1) is 10.2 Å². The van der Waals surface area contributed by atoms with Crippen molar-refractivity contribution in [2.75, 3.05) is 17.3 Å². The van der Waals surface area contributed by atoms with Gasteiger partial charge in [0, 0.05) is 19.9 Å². The lowest BCUT2D eigenvalue weighted by Gasteiger charge is -2.47. The van der Waals surface area contributed by atoms with Crippen molar-refractivity contribution in [1.29, 1.82) is 0 Å². The van der Waals surface area contributed by atoms with Crippen LogP contribution in [0.1, 0.15) is 28.2 Å². The number of hydrogen-bond donors (Lipinski definition) is 1. The van der Waals surface area contributed by atoms with Crippen molar-refractivity contribution in [1.82, 2.24) is 15.1 Å². The first kappa shape index (κ1) is 15.7. The van der Waals surface area contributed by atoms with Crippen molar-refractivity contribution in [3.8, 4) is 0 Å². The van der Waals surface area contributed by atoms with Gasteiger partial charge >= 0.3 is 0 Å². The molecule has 1 aromatic heterocycles. The molecule has 128 valence electrons. The molecule has 25 heavy (non-hydrogen) atoms. The summed E-state index contributed by atoms with van der Waals surface area (Å²) in [5, 5.41) is 11.5. The van der Waals surface area contributed by atoms with Crippen LogP contribution in [0.2, 0.25) is 0 Å². The Balaban J connectivity index is 1.82. The van der Waals surface area contributed by atoms with Crippen LogP contribution >= 0.6 is 11.3 Å². The number of fused-ring (bicyclic) bond motifs is 3. The van der Waals surface area contributed by atoms with Gasteiger partial charge in [0.1, 0.15) is 5.01 Å². The van der Waals surface area contributed by atoms with Crippen molar-refractivity contribution in [3.63, 3.8) is 0 Å². The van der Waals surface area contributed by atoms with Gasteiger partial charge in [-0.1, -0.05) is 23.5 Å². The van der Waals surface area contributed by atoms with E-state index in [9.17, 15) is 14.4 Å². The maximum Gasteiger partial charge on any atom is 0.273 e. The van der Waals surface area contributed by atoms with Crippen molar-refractivity contribution in [2.45, 2.75) is 25.4 Å². The Morgan fingerprint density at radius 3 is 2.76 bits per heavy atom. The van der Waals surface area contributed by atoms with Crippen LogP contribution in [0.3, 0.4) is 0 Å². The minimum atomic E-state index is -1.39. The molecule has 3 amide bonds. The molecule has 0 bridgehead atoms. The van der Waals surface area contributed by atoms with Crippen molar-refractivity contribution < 1.29 is 14.4 Å². The van der Waals surface area contributed by atoms with Crippen LogP contribution in [-0.2, 0) is 9.59 Å². The SMILES string of the molecule is Cc1nnc(NC(=O)[C@@]23CCC(=O)N2c2ccccc2C(=O)N3C)s1. The molecular weight excluding hydrogens is 342 g/mol. The van der Waals surface area contributed by atoms with Gasteiger partial charge in [-0.25, -0.2) is 0 Å². The number of aryl methyl sites for hydroxylation is 1. The summed E-state index contributed by atoms with van der Waals surface area (Å²) in [5.41, 5.74) is -0.505. The largest absolute Gasteiger partial charge is 0.310 e. The molecule has 1 atom stereocenters. The number of para-hydroxylation sites is 1. The Morgan fingerprint density at radius 1 is 1.28 bits per heavy atom. The second kappa shape index (κ2) is 5.35. The Bertz CT molecular complexity index is 911. The summed E-state index contributed by atoms with van der Waals surface area (Å²) in [7, 11) is 1.55.